The van der Waals surface area contributed by atoms with Crippen LogP contribution in [0.1, 0.15) is 17.1 Å². The normalized spacial score (nSPS) is 10.2. The fraction of sp³-hybridized carbons (Fsp3) is 0.200. The van der Waals surface area contributed by atoms with E-state index >= 15 is 0 Å². The minimum Gasteiger partial charge on any atom is -0.466 e. The highest BCUT2D eigenvalue weighted by Gasteiger charge is 2.19. The maximum atomic E-state index is 11.8. The van der Waals surface area contributed by atoms with Gasteiger partial charge in [-0.25, -0.2) is 0 Å². The molecule has 0 saturated carbocycles. The van der Waals surface area contributed by atoms with Crippen LogP contribution in [-0.4, -0.2) is 16.7 Å². The van der Waals surface area contributed by atoms with E-state index in [1.54, 1.807) is 19.9 Å². The number of nitrogens with zero attached hydrogens (tertiary/aromatic N) is 1. The largest absolute Gasteiger partial charge is 0.466 e. The van der Waals surface area contributed by atoms with Gasteiger partial charge in [0.1, 0.15) is 17.2 Å². The van der Waals surface area contributed by atoms with Crippen LogP contribution >= 0.6 is 0 Å². The van der Waals surface area contributed by atoms with Crippen LogP contribution in [0.5, 0.6) is 0 Å². The number of nitro benzene ring substituents is 1. The number of rotatable bonds is 4. The molecular weight excluding hydrogens is 302 g/mol. The van der Waals surface area contributed by atoms with Crippen LogP contribution in [-0.2, 0) is 16.1 Å². The van der Waals surface area contributed by atoms with E-state index in [-0.39, 0.29) is 17.9 Å². The number of nitro groups is 1. The number of amides is 2. The Morgan fingerprint density at radius 3 is 2.52 bits per heavy atom. The molecule has 1 aromatic heterocycles. The molecule has 8 heteroatoms. The number of anilines is 1. The highest BCUT2D eigenvalue weighted by Crippen LogP contribution is 2.22. The molecule has 2 rings (SSSR count). The smallest absolute Gasteiger partial charge is 0.313 e. The van der Waals surface area contributed by atoms with Crippen LogP contribution in [0.25, 0.3) is 0 Å². The molecule has 0 bridgehead atoms. The molecule has 0 unspecified atom stereocenters. The summed E-state index contributed by atoms with van der Waals surface area (Å²) in [5.41, 5.74) is 0.442. The molecule has 0 aliphatic rings. The first kappa shape index (κ1) is 16.2. The van der Waals surface area contributed by atoms with Crippen molar-refractivity contribution in [3.8, 4) is 0 Å². The van der Waals surface area contributed by atoms with Crippen molar-refractivity contribution in [3.63, 3.8) is 0 Å². The predicted molar refractivity (Wildman–Crippen MR) is 81.8 cm³/mol. The van der Waals surface area contributed by atoms with Crippen molar-refractivity contribution in [1.82, 2.24) is 5.32 Å². The molecular formula is C15H15N3O5. The van der Waals surface area contributed by atoms with Gasteiger partial charge < -0.3 is 15.1 Å². The van der Waals surface area contributed by atoms with E-state index in [0.717, 1.165) is 5.56 Å². The monoisotopic (exact) mass is 317 g/mol. The van der Waals surface area contributed by atoms with Gasteiger partial charge in [-0.2, -0.15) is 0 Å². The van der Waals surface area contributed by atoms with E-state index in [0.29, 0.717) is 11.5 Å². The number of aryl methyl sites for hydroxylation is 2. The van der Waals surface area contributed by atoms with Gasteiger partial charge in [0.25, 0.3) is 5.69 Å². The Bertz CT molecular complexity index is 766. The summed E-state index contributed by atoms with van der Waals surface area (Å²) < 4.78 is 5.32. The molecule has 2 aromatic rings. The van der Waals surface area contributed by atoms with Gasteiger partial charge in [0.2, 0.25) is 0 Å². The minimum absolute atomic E-state index is 0.0343. The lowest BCUT2D eigenvalue weighted by atomic mass is 10.2. The zero-order valence-corrected chi connectivity index (χ0v) is 12.6. The molecule has 1 aromatic carbocycles. The maximum absolute atomic E-state index is 11.8. The fourth-order valence-corrected chi connectivity index (χ4v) is 2.03. The SMILES string of the molecule is Cc1cc(CNC(=O)C(=O)Nc2ccccc2[N+](=O)[O-])c(C)o1. The highest BCUT2D eigenvalue weighted by atomic mass is 16.6. The van der Waals surface area contributed by atoms with Crippen molar-refractivity contribution in [1.29, 1.82) is 0 Å². The summed E-state index contributed by atoms with van der Waals surface area (Å²) in [5, 5.41) is 15.5. The third-order valence-corrected chi connectivity index (χ3v) is 3.14. The molecule has 0 aliphatic carbocycles. The lowest BCUT2D eigenvalue weighted by Crippen LogP contribution is -2.35. The molecule has 0 atom stereocenters. The molecule has 8 nitrogen and oxygen atoms in total. The highest BCUT2D eigenvalue weighted by molar-refractivity contribution is 6.39. The Morgan fingerprint density at radius 1 is 1.22 bits per heavy atom. The van der Waals surface area contributed by atoms with Gasteiger partial charge in [0.05, 0.1) is 4.92 Å². The summed E-state index contributed by atoms with van der Waals surface area (Å²) in [4.78, 5) is 33.9. The third-order valence-electron chi connectivity index (χ3n) is 3.14. The van der Waals surface area contributed by atoms with Crippen LogP contribution in [0, 0.1) is 24.0 Å². The average molecular weight is 317 g/mol. The van der Waals surface area contributed by atoms with Crippen molar-refractivity contribution in [3.05, 3.63) is 57.5 Å². The topological polar surface area (TPSA) is 114 Å². The minimum atomic E-state index is -0.975. The molecule has 120 valence electrons. The second kappa shape index (κ2) is 6.73. The molecule has 2 N–H and O–H groups in total. The standard InChI is InChI=1S/C15H15N3O5/c1-9-7-11(10(2)23-9)8-16-14(19)15(20)17-12-5-3-4-6-13(12)18(21)22/h3-7H,8H2,1-2H3,(H,16,19)(H,17,20). The number of hydrogen-bond donors (Lipinski definition) is 2. The molecule has 2 amide bonds. The van der Waals surface area contributed by atoms with Gasteiger partial charge in [0, 0.05) is 18.2 Å². The quantitative estimate of drug-likeness (QED) is 0.509. The number of furan rings is 1. The molecule has 23 heavy (non-hydrogen) atoms. The Balaban J connectivity index is 1.99. The van der Waals surface area contributed by atoms with Crippen LogP contribution in [0.4, 0.5) is 11.4 Å². The number of para-hydroxylation sites is 2. The van der Waals surface area contributed by atoms with E-state index in [9.17, 15) is 19.7 Å². The van der Waals surface area contributed by atoms with Crippen LogP contribution in [0.2, 0.25) is 0 Å². The zero-order chi connectivity index (χ0) is 17.0. The number of hydrogen-bond acceptors (Lipinski definition) is 5. The van der Waals surface area contributed by atoms with Crippen molar-refractivity contribution < 1.29 is 18.9 Å². The van der Waals surface area contributed by atoms with Gasteiger partial charge >= 0.3 is 11.8 Å². The number of carbonyl (C=O) groups excluding carboxylic acids is 2. The van der Waals surface area contributed by atoms with E-state index in [1.165, 1.54) is 24.3 Å². The van der Waals surface area contributed by atoms with E-state index in [2.05, 4.69) is 10.6 Å². The van der Waals surface area contributed by atoms with Gasteiger partial charge in [-0.05, 0) is 26.0 Å². The summed E-state index contributed by atoms with van der Waals surface area (Å²) in [6, 6.07) is 7.35. The summed E-state index contributed by atoms with van der Waals surface area (Å²) in [6.07, 6.45) is 0. The Labute approximate surface area is 131 Å². The summed E-state index contributed by atoms with van der Waals surface area (Å²) in [7, 11) is 0. The lowest BCUT2D eigenvalue weighted by Gasteiger charge is -2.06. The van der Waals surface area contributed by atoms with Gasteiger partial charge in [-0.15, -0.1) is 0 Å². The lowest BCUT2D eigenvalue weighted by molar-refractivity contribution is -0.383. The molecule has 0 saturated heterocycles. The van der Waals surface area contributed by atoms with E-state index < -0.39 is 16.7 Å². The van der Waals surface area contributed by atoms with E-state index in [1.807, 2.05) is 0 Å². The second-order valence-electron chi connectivity index (χ2n) is 4.85. The number of nitrogens with one attached hydrogen (secondary N) is 2. The third kappa shape index (κ3) is 3.94. The summed E-state index contributed by atoms with van der Waals surface area (Å²) in [5.74, 6) is -0.503. The molecule has 0 radical (unpaired) electrons. The maximum Gasteiger partial charge on any atom is 0.313 e. The Hall–Kier alpha value is -3.16. The average Bonchev–Trinajstić information content (AvgIpc) is 2.82. The van der Waals surface area contributed by atoms with Crippen molar-refractivity contribution in [2.45, 2.75) is 20.4 Å². The molecule has 0 spiro atoms. The fourth-order valence-electron chi connectivity index (χ4n) is 2.03. The van der Waals surface area contributed by atoms with Crippen LogP contribution in [0.15, 0.2) is 34.7 Å². The van der Waals surface area contributed by atoms with Gasteiger partial charge in [-0.3, -0.25) is 19.7 Å². The first-order valence-electron chi connectivity index (χ1n) is 6.77. The number of carbonyl (C=O) groups is 2. The van der Waals surface area contributed by atoms with Crippen molar-refractivity contribution >= 4 is 23.2 Å². The first-order chi connectivity index (χ1) is 10.9. The number of benzene rings is 1. The van der Waals surface area contributed by atoms with Gasteiger partial charge in [0.15, 0.2) is 0 Å². The Morgan fingerprint density at radius 2 is 1.91 bits per heavy atom. The molecule has 1 heterocycles. The Kier molecular flexibility index (Phi) is 4.75. The molecule has 0 aliphatic heterocycles. The van der Waals surface area contributed by atoms with E-state index in [4.69, 9.17) is 4.42 Å². The second-order valence-corrected chi connectivity index (χ2v) is 4.85. The first-order valence-corrected chi connectivity index (χ1v) is 6.77. The van der Waals surface area contributed by atoms with Crippen LogP contribution < -0.4 is 10.6 Å². The zero-order valence-electron chi connectivity index (χ0n) is 12.6. The van der Waals surface area contributed by atoms with Gasteiger partial charge in [-0.1, -0.05) is 12.1 Å². The summed E-state index contributed by atoms with van der Waals surface area (Å²) >= 11 is 0. The predicted octanol–water partition coefficient (Wildman–Crippen LogP) is 2.06. The summed E-state index contributed by atoms with van der Waals surface area (Å²) in [6.45, 7) is 3.66. The van der Waals surface area contributed by atoms with Crippen molar-refractivity contribution in [2.75, 3.05) is 5.32 Å². The van der Waals surface area contributed by atoms with Crippen LogP contribution in [0.3, 0.4) is 0 Å². The molecule has 0 fully saturated rings. The van der Waals surface area contributed by atoms with Crippen molar-refractivity contribution in [2.24, 2.45) is 0 Å².